The van der Waals surface area contributed by atoms with Crippen LogP contribution in [0.2, 0.25) is 0 Å². The van der Waals surface area contributed by atoms with Crippen molar-refractivity contribution < 1.29 is 18.0 Å². The van der Waals surface area contributed by atoms with Crippen molar-refractivity contribution in [1.82, 2.24) is 14.5 Å². The van der Waals surface area contributed by atoms with Gasteiger partial charge >= 0.3 is 0 Å². The SMILES string of the molecule is CCN(CC)S(=O)(=O)c1ccc(/C=C/C(=O)NCc2cccc(C(=O)N3CCCC3)c2)cc1. The van der Waals surface area contributed by atoms with Gasteiger partial charge in [0.15, 0.2) is 0 Å². The third-order valence-corrected chi connectivity index (χ3v) is 7.75. The van der Waals surface area contributed by atoms with Gasteiger partial charge in [-0.2, -0.15) is 4.31 Å². The molecule has 3 rings (SSSR count). The largest absolute Gasteiger partial charge is 0.348 e. The summed E-state index contributed by atoms with van der Waals surface area (Å²) in [7, 11) is -3.50. The van der Waals surface area contributed by atoms with Crippen LogP contribution in [0.5, 0.6) is 0 Å². The Hall–Kier alpha value is -2.97. The van der Waals surface area contributed by atoms with E-state index in [1.165, 1.54) is 10.4 Å². The molecule has 1 saturated heterocycles. The van der Waals surface area contributed by atoms with Crippen LogP contribution in [-0.4, -0.2) is 55.6 Å². The van der Waals surface area contributed by atoms with Gasteiger partial charge < -0.3 is 10.2 Å². The number of hydrogen-bond acceptors (Lipinski definition) is 4. The zero-order chi connectivity index (χ0) is 23.8. The van der Waals surface area contributed by atoms with E-state index in [1.54, 1.807) is 50.3 Å². The average Bonchev–Trinajstić information content (AvgIpc) is 3.37. The second-order valence-electron chi connectivity index (χ2n) is 7.91. The van der Waals surface area contributed by atoms with E-state index in [2.05, 4.69) is 5.32 Å². The van der Waals surface area contributed by atoms with Crippen molar-refractivity contribution in [2.45, 2.75) is 38.1 Å². The molecule has 1 heterocycles. The molecule has 0 radical (unpaired) electrons. The summed E-state index contributed by atoms with van der Waals surface area (Å²) in [5.74, 6) is -0.238. The molecule has 1 aliphatic heterocycles. The number of carbonyl (C=O) groups is 2. The van der Waals surface area contributed by atoms with Gasteiger partial charge in [-0.15, -0.1) is 0 Å². The first kappa shape index (κ1) is 24.7. The first-order valence-corrected chi connectivity index (χ1v) is 12.7. The first-order valence-electron chi connectivity index (χ1n) is 11.3. The molecule has 1 fully saturated rings. The van der Waals surface area contributed by atoms with Crippen LogP contribution in [0.15, 0.2) is 59.5 Å². The quantitative estimate of drug-likeness (QED) is 0.571. The van der Waals surface area contributed by atoms with E-state index in [4.69, 9.17) is 0 Å². The fourth-order valence-corrected chi connectivity index (χ4v) is 5.26. The summed E-state index contributed by atoms with van der Waals surface area (Å²) in [6.45, 7) is 6.34. The number of carbonyl (C=O) groups excluding carboxylic acids is 2. The maximum absolute atomic E-state index is 12.6. The third kappa shape index (κ3) is 6.30. The van der Waals surface area contributed by atoms with E-state index in [-0.39, 0.29) is 16.7 Å². The number of likely N-dealkylation sites (tertiary alicyclic amines) is 1. The molecule has 1 aliphatic rings. The fraction of sp³-hybridized carbons (Fsp3) is 0.360. The number of hydrogen-bond donors (Lipinski definition) is 1. The van der Waals surface area contributed by atoms with E-state index < -0.39 is 10.0 Å². The minimum absolute atomic E-state index is 0.0343. The van der Waals surface area contributed by atoms with Gasteiger partial charge in [-0.1, -0.05) is 38.1 Å². The molecule has 0 atom stereocenters. The predicted octanol–water partition coefficient (Wildman–Crippen LogP) is 3.28. The lowest BCUT2D eigenvalue weighted by atomic mass is 10.1. The normalized spacial score (nSPS) is 14.2. The van der Waals surface area contributed by atoms with E-state index in [1.807, 2.05) is 23.1 Å². The van der Waals surface area contributed by atoms with Crippen LogP contribution in [0, 0.1) is 0 Å². The van der Waals surface area contributed by atoms with Crippen molar-refractivity contribution in [3.05, 3.63) is 71.3 Å². The highest BCUT2D eigenvalue weighted by Crippen LogP contribution is 2.17. The number of rotatable bonds is 9. The summed E-state index contributed by atoms with van der Waals surface area (Å²) in [5, 5.41) is 2.82. The second-order valence-corrected chi connectivity index (χ2v) is 9.85. The van der Waals surface area contributed by atoms with Gasteiger partial charge in [-0.25, -0.2) is 8.42 Å². The smallest absolute Gasteiger partial charge is 0.253 e. The van der Waals surface area contributed by atoms with Crippen molar-refractivity contribution in [3.8, 4) is 0 Å². The van der Waals surface area contributed by atoms with Gasteiger partial charge in [-0.3, -0.25) is 9.59 Å². The molecule has 0 aliphatic carbocycles. The molecule has 0 saturated carbocycles. The topological polar surface area (TPSA) is 86.8 Å². The lowest BCUT2D eigenvalue weighted by molar-refractivity contribution is -0.116. The van der Waals surface area contributed by atoms with Crippen molar-refractivity contribution in [2.75, 3.05) is 26.2 Å². The molecule has 7 nitrogen and oxygen atoms in total. The van der Waals surface area contributed by atoms with Crippen LogP contribution < -0.4 is 5.32 Å². The summed E-state index contributed by atoms with van der Waals surface area (Å²) in [6, 6.07) is 13.8. The molecule has 0 bridgehead atoms. The van der Waals surface area contributed by atoms with Crippen LogP contribution in [0.3, 0.4) is 0 Å². The minimum atomic E-state index is -3.50. The van der Waals surface area contributed by atoms with Crippen molar-refractivity contribution in [1.29, 1.82) is 0 Å². The Balaban J connectivity index is 1.56. The zero-order valence-corrected chi connectivity index (χ0v) is 20.0. The van der Waals surface area contributed by atoms with E-state index in [9.17, 15) is 18.0 Å². The first-order chi connectivity index (χ1) is 15.8. The highest BCUT2D eigenvalue weighted by Gasteiger charge is 2.21. The van der Waals surface area contributed by atoms with Crippen molar-refractivity contribution >= 4 is 27.9 Å². The summed E-state index contributed by atoms with van der Waals surface area (Å²) < 4.78 is 26.5. The lowest BCUT2D eigenvalue weighted by Crippen LogP contribution is -2.30. The molecule has 2 aromatic rings. The maximum Gasteiger partial charge on any atom is 0.253 e. The van der Waals surface area contributed by atoms with Crippen LogP contribution in [0.1, 0.15) is 48.2 Å². The monoisotopic (exact) mass is 469 g/mol. The van der Waals surface area contributed by atoms with Crippen LogP contribution in [-0.2, 0) is 21.4 Å². The summed E-state index contributed by atoms with van der Waals surface area (Å²) in [5.41, 5.74) is 2.22. The predicted molar refractivity (Wildman–Crippen MR) is 129 cm³/mol. The minimum Gasteiger partial charge on any atom is -0.348 e. The van der Waals surface area contributed by atoms with Gasteiger partial charge in [0.2, 0.25) is 15.9 Å². The summed E-state index contributed by atoms with van der Waals surface area (Å²) >= 11 is 0. The summed E-state index contributed by atoms with van der Waals surface area (Å²) in [6.07, 6.45) is 5.13. The average molecular weight is 470 g/mol. The number of sulfonamides is 1. The Morgan fingerprint density at radius 3 is 2.33 bits per heavy atom. The second kappa shape index (κ2) is 11.2. The molecule has 1 N–H and O–H groups in total. The number of nitrogens with one attached hydrogen (secondary N) is 1. The summed E-state index contributed by atoms with van der Waals surface area (Å²) in [4.78, 5) is 26.9. The molecule has 0 aromatic heterocycles. The molecular weight excluding hydrogens is 438 g/mol. The molecule has 2 aromatic carbocycles. The van der Waals surface area contributed by atoms with E-state index in [0.717, 1.165) is 37.1 Å². The van der Waals surface area contributed by atoms with E-state index >= 15 is 0 Å². The van der Waals surface area contributed by atoms with E-state index in [0.29, 0.717) is 25.2 Å². The number of amides is 2. The molecule has 0 spiro atoms. The van der Waals surface area contributed by atoms with Crippen molar-refractivity contribution in [2.24, 2.45) is 0 Å². The Labute approximate surface area is 196 Å². The van der Waals surface area contributed by atoms with Gasteiger partial charge in [0.05, 0.1) is 4.90 Å². The van der Waals surface area contributed by atoms with Crippen LogP contribution >= 0.6 is 0 Å². The van der Waals surface area contributed by atoms with Crippen LogP contribution in [0.4, 0.5) is 0 Å². The molecule has 8 heteroatoms. The highest BCUT2D eigenvalue weighted by atomic mass is 32.2. The Morgan fingerprint density at radius 1 is 1.03 bits per heavy atom. The van der Waals surface area contributed by atoms with Gasteiger partial charge in [0.25, 0.3) is 5.91 Å². The highest BCUT2D eigenvalue weighted by molar-refractivity contribution is 7.89. The molecule has 176 valence electrons. The third-order valence-electron chi connectivity index (χ3n) is 5.68. The molecule has 2 amide bonds. The molecular formula is C25H31N3O4S. The molecule has 0 unspecified atom stereocenters. The molecule has 33 heavy (non-hydrogen) atoms. The fourth-order valence-electron chi connectivity index (χ4n) is 3.80. The number of benzene rings is 2. The van der Waals surface area contributed by atoms with Crippen molar-refractivity contribution in [3.63, 3.8) is 0 Å². The van der Waals surface area contributed by atoms with Gasteiger partial charge in [0.1, 0.15) is 0 Å². The standard InChI is InChI=1S/C25H31N3O4S/c1-3-28(4-2)33(31,32)23-13-10-20(11-14-23)12-15-24(29)26-19-21-8-7-9-22(18-21)25(30)27-16-5-6-17-27/h7-15,18H,3-6,16-17,19H2,1-2H3,(H,26,29)/b15-12+. The lowest BCUT2D eigenvalue weighted by Gasteiger charge is -2.18. The Bertz CT molecular complexity index is 1100. The Kier molecular flexibility index (Phi) is 8.41. The van der Waals surface area contributed by atoms with Crippen LogP contribution in [0.25, 0.3) is 6.08 Å². The number of nitrogens with zero attached hydrogens (tertiary/aromatic N) is 2. The zero-order valence-electron chi connectivity index (χ0n) is 19.2. The van der Waals surface area contributed by atoms with Gasteiger partial charge in [-0.05, 0) is 54.3 Å². The van der Waals surface area contributed by atoms with Gasteiger partial charge in [0, 0.05) is 44.4 Å². The Morgan fingerprint density at radius 2 is 1.70 bits per heavy atom. The maximum atomic E-state index is 12.6.